The minimum Gasteiger partial charge on any atom is -0.348 e. The van der Waals surface area contributed by atoms with Crippen LogP contribution in [0.3, 0.4) is 0 Å². The lowest BCUT2D eigenvalue weighted by Gasteiger charge is -2.10. The van der Waals surface area contributed by atoms with E-state index in [4.69, 9.17) is 0 Å². The van der Waals surface area contributed by atoms with Gasteiger partial charge >= 0.3 is 0 Å². The molecule has 0 radical (unpaired) electrons. The minimum atomic E-state index is -0.144. The molecule has 0 saturated carbocycles. The Kier molecular flexibility index (Phi) is 3.84. The summed E-state index contributed by atoms with van der Waals surface area (Å²) in [5, 5.41) is 4.31. The largest absolute Gasteiger partial charge is 0.348 e. The van der Waals surface area contributed by atoms with Crippen molar-refractivity contribution in [2.75, 3.05) is 5.32 Å². The standard InChI is InChI=1S/C18H17N5O2S/c1-9-10(2)26-16-14(9)15(24)21-13(22-16)8-19-18-20-12-7-5-4-6-11(12)17(25)23(18)3/h4-7H,8H2,1-3H3,(H,19,20)(H,21,22,24). The summed E-state index contributed by atoms with van der Waals surface area (Å²) in [6, 6.07) is 7.20. The summed E-state index contributed by atoms with van der Waals surface area (Å²) in [5.41, 5.74) is 1.32. The van der Waals surface area contributed by atoms with Crippen LogP contribution in [-0.2, 0) is 13.6 Å². The van der Waals surface area contributed by atoms with Crippen molar-refractivity contribution in [3.05, 3.63) is 61.2 Å². The molecule has 132 valence electrons. The zero-order valence-electron chi connectivity index (χ0n) is 14.6. The number of nitrogens with one attached hydrogen (secondary N) is 2. The van der Waals surface area contributed by atoms with Crippen molar-refractivity contribution >= 4 is 38.4 Å². The van der Waals surface area contributed by atoms with E-state index in [1.165, 1.54) is 15.9 Å². The normalized spacial score (nSPS) is 11.3. The van der Waals surface area contributed by atoms with Gasteiger partial charge in [-0.25, -0.2) is 9.97 Å². The molecule has 0 aliphatic heterocycles. The number of benzene rings is 1. The SMILES string of the molecule is Cc1sc2nc(CNc3nc4ccccc4c(=O)n3C)[nH]c(=O)c2c1C. The summed E-state index contributed by atoms with van der Waals surface area (Å²) in [5.74, 6) is 0.932. The topological polar surface area (TPSA) is 92.7 Å². The van der Waals surface area contributed by atoms with E-state index in [2.05, 4.69) is 20.3 Å². The maximum atomic E-state index is 12.4. The number of nitrogens with zero attached hydrogens (tertiary/aromatic N) is 3. The first-order valence-electron chi connectivity index (χ1n) is 8.14. The van der Waals surface area contributed by atoms with Gasteiger partial charge in [0.05, 0.1) is 22.8 Å². The lowest BCUT2D eigenvalue weighted by molar-refractivity contribution is 0.826. The van der Waals surface area contributed by atoms with Gasteiger partial charge in [0.1, 0.15) is 10.7 Å². The highest BCUT2D eigenvalue weighted by Gasteiger charge is 2.13. The molecule has 3 aromatic heterocycles. The van der Waals surface area contributed by atoms with Gasteiger partial charge in [0.15, 0.2) is 0 Å². The molecule has 1 aromatic carbocycles. The van der Waals surface area contributed by atoms with Gasteiger partial charge in [-0.3, -0.25) is 14.2 Å². The van der Waals surface area contributed by atoms with Crippen molar-refractivity contribution in [1.82, 2.24) is 19.5 Å². The zero-order chi connectivity index (χ0) is 18.4. The number of aromatic amines is 1. The molecule has 0 amide bonds. The predicted octanol–water partition coefficient (Wildman–Crippen LogP) is 2.46. The van der Waals surface area contributed by atoms with Crippen molar-refractivity contribution in [1.29, 1.82) is 0 Å². The monoisotopic (exact) mass is 367 g/mol. The van der Waals surface area contributed by atoms with Gasteiger partial charge in [0.25, 0.3) is 11.1 Å². The molecule has 4 rings (SSSR count). The molecule has 8 heteroatoms. The van der Waals surface area contributed by atoms with Crippen LogP contribution < -0.4 is 16.4 Å². The fourth-order valence-corrected chi connectivity index (χ4v) is 3.97. The van der Waals surface area contributed by atoms with Gasteiger partial charge in [-0.1, -0.05) is 12.1 Å². The van der Waals surface area contributed by atoms with Crippen LogP contribution in [0.15, 0.2) is 33.9 Å². The van der Waals surface area contributed by atoms with Gasteiger partial charge in [-0.2, -0.15) is 0 Å². The summed E-state index contributed by atoms with van der Waals surface area (Å²) in [7, 11) is 1.66. The third kappa shape index (κ3) is 2.59. The van der Waals surface area contributed by atoms with Crippen LogP contribution in [0.2, 0.25) is 0 Å². The highest BCUT2D eigenvalue weighted by molar-refractivity contribution is 7.18. The number of H-pyrrole nitrogens is 1. The lowest BCUT2D eigenvalue weighted by atomic mass is 10.2. The molecule has 2 N–H and O–H groups in total. The van der Waals surface area contributed by atoms with E-state index in [-0.39, 0.29) is 17.7 Å². The van der Waals surface area contributed by atoms with Crippen molar-refractivity contribution < 1.29 is 0 Å². The summed E-state index contributed by atoms with van der Waals surface area (Å²) in [4.78, 5) is 38.4. The number of fused-ring (bicyclic) bond motifs is 2. The Balaban J connectivity index is 1.71. The Morgan fingerprint density at radius 1 is 1.19 bits per heavy atom. The molecule has 0 unspecified atom stereocenters. The number of rotatable bonds is 3. The second kappa shape index (κ2) is 6.06. The van der Waals surface area contributed by atoms with Crippen LogP contribution in [0.4, 0.5) is 5.95 Å². The number of para-hydroxylation sites is 1. The summed E-state index contributed by atoms with van der Waals surface area (Å²) in [6.07, 6.45) is 0. The maximum absolute atomic E-state index is 12.4. The minimum absolute atomic E-state index is 0.125. The van der Waals surface area contributed by atoms with Gasteiger partial charge in [-0.05, 0) is 31.5 Å². The predicted molar refractivity (Wildman–Crippen MR) is 104 cm³/mol. The second-order valence-corrected chi connectivity index (χ2v) is 7.35. The number of hydrogen-bond donors (Lipinski definition) is 2. The van der Waals surface area contributed by atoms with Crippen LogP contribution in [0, 0.1) is 13.8 Å². The van der Waals surface area contributed by atoms with Gasteiger partial charge in [0, 0.05) is 11.9 Å². The summed E-state index contributed by atoms with van der Waals surface area (Å²) >= 11 is 1.51. The average molecular weight is 367 g/mol. The second-order valence-electron chi connectivity index (χ2n) is 6.15. The van der Waals surface area contributed by atoms with Crippen LogP contribution in [0.5, 0.6) is 0 Å². The van der Waals surface area contributed by atoms with E-state index in [0.29, 0.717) is 28.1 Å². The number of thiophene rings is 1. The van der Waals surface area contributed by atoms with Crippen molar-refractivity contribution in [2.24, 2.45) is 7.05 Å². The Bertz CT molecular complexity index is 1270. The van der Waals surface area contributed by atoms with E-state index < -0.39 is 0 Å². The number of anilines is 1. The maximum Gasteiger partial charge on any atom is 0.262 e. The first-order chi connectivity index (χ1) is 12.5. The van der Waals surface area contributed by atoms with E-state index in [0.717, 1.165) is 15.3 Å². The zero-order valence-corrected chi connectivity index (χ0v) is 15.4. The first kappa shape index (κ1) is 16.5. The molecule has 0 saturated heterocycles. The molecule has 0 aliphatic carbocycles. The molecule has 26 heavy (non-hydrogen) atoms. The Morgan fingerprint density at radius 2 is 1.96 bits per heavy atom. The third-order valence-corrected chi connectivity index (χ3v) is 5.59. The van der Waals surface area contributed by atoms with E-state index in [1.807, 2.05) is 26.0 Å². The average Bonchev–Trinajstić information content (AvgIpc) is 2.91. The Hall–Kier alpha value is -3.00. The van der Waals surface area contributed by atoms with Crippen molar-refractivity contribution in [2.45, 2.75) is 20.4 Å². The van der Waals surface area contributed by atoms with Crippen LogP contribution in [0.1, 0.15) is 16.3 Å². The lowest BCUT2D eigenvalue weighted by Crippen LogP contribution is -2.23. The molecule has 0 aliphatic rings. The fourth-order valence-electron chi connectivity index (χ4n) is 2.92. The summed E-state index contributed by atoms with van der Waals surface area (Å²) < 4.78 is 1.46. The number of aromatic nitrogens is 4. The van der Waals surface area contributed by atoms with E-state index >= 15 is 0 Å². The molecular weight excluding hydrogens is 350 g/mol. The van der Waals surface area contributed by atoms with E-state index in [1.54, 1.807) is 19.2 Å². The third-order valence-electron chi connectivity index (χ3n) is 4.49. The quantitative estimate of drug-likeness (QED) is 0.580. The smallest absolute Gasteiger partial charge is 0.262 e. The van der Waals surface area contributed by atoms with E-state index in [9.17, 15) is 9.59 Å². The van der Waals surface area contributed by atoms with Gasteiger partial charge in [0.2, 0.25) is 5.95 Å². The Labute approximate surface area is 152 Å². The van der Waals surface area contributed by atoms with Crippen molar-refractivity contribution in [3.8, 4) is 0 Å². The molecular formula is C18H17N5O2S. The molecule has 0 bridgehead atoms. The van der Waals surface area contributed by atoms with Crippen LogP contribution in [-0.4, -0.2) is 19.5 Å². The number of hydrogen-bond acceptors (Lipinski definition) is 6. The van der Waals surface area contributed by atoms with Crippen LogP contribution in [0.25, 0.3) is 21.1 Å². The Morgan fingerprint density at radius 3 is 2.77 bits per heavy atom. The van der Waals surface area contributed by atoms with Crippen LogP contribution >= 0.6 is 11.3 Å². The highest BCUT2D eigenvalue weighted by Crippen LogP contribution is 2.25. The summed E-state index contributed by atoms with van der Waals surface area (Å²) in [6.45, 7) is 4.17. The highest BCUT2D eigenvalue weighted by atomic mass is 32.1. The molecule has 0 spiro atoms. The molecule has 4 aromatic rings. The molecule has 0 fully saturated rings. The molecule has 0 atom stereocenters. The molecule has 7 nitrogen and oxygen atoms in total. The first-order valence-corrected chi connectivity index (χ1v) is 8.96. The van der Waals surface area contributed by atoms with Gasteiger partial charge < -0.3 is 10.3 Å². The van der Waals surface area contributed by atoms with Gasteiger partial charge in [-0.15, -0.1) is 11.3 Å². The van der Waals surface area contributed by atoms with Crippen molar-refractivity contribution in [3.63, 3.8) is 0 Å². The fraction of sp³-hybridized carbons (Fsp3) is 0.222. The molecule has 3 heterocycles. The number of aryl methyl sites for hydroxylation is 2.